The molecule has 2 aliphatic rings. The van der Waals surface area contributed by atoms with Gasteiger partial charge in [-0.25, -0.2) is 0 Å². The number of hydrogen-bond donors (Lipinski definition) is 0. The molecule has 0 radical (unpaired) electrons. The van der Waals surface area contributed by atoms with E-state index in [1.807, 2.05) is 0 Å². The van der Waals surface area contributed by atoms with Crippen LogP contribution in [0.1, 0.15) is 23.4 Å². The highest BCUT2D eigenvalue weighted by atomic mass is 16.6. The topological polar surface area (TPSA) is 74.0 Å². The third kappa shape index (κ3) is 2.27. The molecule has 0 bridgehead atoms. The van der Waals surface area contributed by atoms with Crippen molar-refractivity contribution in [1.29, 1.82) is 0 Å². The lowest BCUT2D eigenvalue weighted by Crippen LogP contribution is -2.35. The summed E-state index contributed by atoms with van der Waals surface area (Å²) in [5, 5.41) is 3.65. The maximum Gasteiger partial charge on any atom is 0.292 e. The molecule has 110 valence electrons. The fraction of sp³-hybridized carbons (Fsp3) is 0.692. The second-order valence-electron chi connectivity index (χ2n) is 5.27. The predicted molar refractivity (Wildman–Crippen MR) is 67.7 cm³/mol. The number of aromatic nitrogens is 1. The van der Waals surface area contributed by atoms with Crippen molar-refractivity contribution in [3.05, 3.63) is 11.8 Å². The second-order valence-corrected chi connectivity index (χ2v) is 5.27. The van der Waals surface area contributed by atoms with Crippen LogP contribution in [0.5, 0.6) is 5.88 Å². The number of methoxy groups -OCH3 is 2. The van der Waals surface area contributed by atoms with Crippen molar-refractivity contribution in [2.75, 3.05) is 33.9 Å². The highest BCUT2D eigenvalue weighted by Gasteiger charge is 2.47. The highest BCUT2D eigenvalue weighted by molar-refractivity contribution is 5.91. The van der Waals surface area contributed by atoms with Gasteiger partial charge in [0.2, 0.25) is 5.76 Å². The van der Waals surface area contributed by atoms with E-state index in [0.29, 0.717) is 25.6 Å². The standard InChI is InChI=1S/C13H18N2O5/c1-17-9-6-13(19-7-9)3-4-15(8-13)12(16)10-5-11(18-2)14-20-10/h5,9H,3-4,6-8H2,1-2H3/t9-,13+/m1/s1. The van der Waals surface area contributed by atoms with E-state index in [1.165, 1.54) is 13.2 Å². The average molecular weight is 282 g/mol. The van der Waals surface area contributed by atoms with E-state index >= 15 is 0 Å². The van der Waals surface area contributed by atoms with Crippen LogP contribution in [0.2, 0.25) is 0 Å². The van der Waals surface area contributed by atoms with Crippen LogP contribution in [-0.4, -0.2) is 61.6 Å². The summed E-state index contributed by atoms with van der Waals surface area (Å²) in [7, 11) is 3.17. The van der Waals surface area contributed by atoms with Crippen LogP contribution in [0.4, 0.5) is 0 Å². The van der Waals surface area contributed by atoms with Crippen molar-refractivity contribution in [2.45, 2.75) is 24.5 Å². The zero-order valence-corrected chi connectivity index (χ0v) is 11.6. The average Bonchev–Trinajstić information content (AvgIpc) is 3.19. The van der Waals surface area contributed by atoms with Crippen molar-refractivity contribution in [3.63, 3.8) is 0 Å². The number of rotatable bonds is 3. The third-order valence-electron chi connectivity index (χ3n) is 4.02. The SMILES string of the molecule is COc1cc(C(=O)N2CC[C@]3(C[C@@H](OC)CO3)C2)on1. The molecule has 2 atom stereocenters. The van der Waals surface area contributed by atoms with Gasteiger partial charge in [-0.3, -0.25) is 4.79 Å². The zero-order valence-electron chi connectivity index (χ0n) is 11.6. The molecule has 20 heavy (non-hydrogen) atoms. The molecule has 2 fully saturated rings. The monoisotopic (exact) mass is 282 g/mol. The lowest BCUT2D eigenvalue weighted by molar-refractivity contribution is 0.00669. The van der Waals surface area contributed by atoms with Crippen LogP contribution in [0.15, 0.2) is 10.6 Å². The number of amides is 1. The van der Waals surface area contributed by atoms with Gasteiger partial charge in [0.1, 0.15) is 0 Å². The number of ether oxygens (including phenoxy) is 3. The van der Waals surface area contributed by atoms with Crippen LogP contribution in [0, 0.1) is 0 Å². The molecule has 1 amide bonds. The largest absolute Gasteiger partial charge is 0.479 e. The first-order valence-electron chi connectivity index (χ1n) is 6.62. The smallest absolute Gasteiger partial charge is 0.292 e. The molecule has 3 rings (SSSR count). The number of hydrogen-bond acceptors (Lipinski definition) is 6. The molecular weight excluding hydrogens is 264 g/mol. The van der Waals surface area contributed by atoms with Gasteiger partial charge in [-0.05, 0) is 11.6 Å². The third-order valence-corrected chi connectivity index (χ3v) is 4.02. The molecule has 7 heteroatoms. The van der Waals surface area contributed by atoms with Gasteiger partial charge in [0.25, 0.3) is 11.8 Å². The Bertz CT molecular complexity index is 503. The molecule has 0 aliphatic carbocycles. The minimum absolute atomic E-state index is 0.121. The van der Waals surface area contributed by atoms with Gasteiger partial charge in [0.15, 0.2) is 0 Å². The summed E-state index contributed by atoms with van der Waals surface area (Å²) in [6.45, 7) is 1.81. The van der Waals surface area contributed by atoms with E-state index in [-0.39, 0.29) is 23.4 Å². The fourth-order valence-corrected chi connectivity index (χ4v) is 2.87. The lowest BCUT2D eigenvalue weighted by Gasteiger charge is -2.22. The molecular formula is C13H18N2O5. The number of likely N-dealkylation sites (tertiary alicyclic amines) is 1. The Labute approximate surface area is 116 Å². The molecule has 2 saturated heterocycles. The first-order valence-corrected chi connectivity index (χ1v) is 6.62. The highest BCUT2D eigenvalue weighted by Crippen LogP contribution is 2.36. The van der Waals surface area contributed by atoms with Gasteiger partial charge in [-0.1, -0.05) is 0 Å². The maximum absolute atomic E-state index is 12.3. The predicted octanol–water partition coefficient (Wildman–Crippen LogP) is 0.703. The normalized spacial score (nSPS) is 29.3. The first-order chi connectivity index (χ1) is 9.65. The lowest BCUT2D eigenvalue weighted by atomic mass is 9.98. The Balaban J connectivity index is 1.66. The summed E-state index contributed by atoms with van der Waals surface area (Å²) < 4.78 is 21.1. The summed E-state index contributed by atoms with van der Waals surface area (Å²) in [4.78, 5) is 14.1. The molecule has 0 unspecified atom stereocenters. The van der Waals surface area contributed by atoms with Crippen molar-refractivity contribution in [1.82, 2.24) is 10.1 Å². The van der Waals surface area contributed by atoms with Gasteiger partial charge < -0.3 is 23.6 Å². The van der Waals surface area contributed by atoms with Gasteiger partial charge in [-0.2, -0.15) is 0 Å². The Morgan fingerprint density at radius 2 is 2.40 bits per heavy atom. The molecule has 0 saturated carbocycles. The Morgan fingerprint density at radius 1 is 1.55 bits per heavy atom. The van der Waals surface area contributed by atoms with E-state index in [1.54, 1.807) is 12.0 Å². The summed E-state index contributed by atoms with van der Waals surface area (Å²) in [5.41, 5.74) is -0.263. The van der Waals surface area contributed by atoms with Gasteiger partial charge in [0.05, 0.1) is 38.0 Å². The molecule has 3 heterocycles. The van der Waals surface area contributed by atoms with Crippen LogP contribution in [0.3, 0.4) is 0 Å². The number of nitrogens with zero attached hydrogens (tertiary/aromatic N) is 2. The second kappa shape index (κ2) is 5.06. The van der Waals surface area contributed by atoms with Crippen molar-refractivity contribution < 1.29 is 23.5 Å². The van der Waals surface area contributed by atoms with E-state index in [4.69, 9.17) is 18.7 Å². The summed E-state index contributed by atoms with van der Waals surface area (Å²) in [6, 6.07) is 1.50. The Kier molecular flexibility index (Phi) is 3.39. The molecule has 0 N–H and O–H groups in total. The number of carbonyl (C=O) groups excluding carboxylic acids is 1. The van der Waals surface area contributed by atoms with Crippen molar-refractivity contribution >= 4 is 5.91 Å². The number of carbonyl (C=O) groups is 1. The van der Waals surface area contributed by atoms with E-state index in [0.717, 1.165) is 12.8 Å². The van der Waals surface area contributed by atoms with Crippen LogP contribution in [0.25, 0.3) is 0 Å². The minimum Gasteiger partial charge on any atom is -0.479 e. The van der Waals surface area contributed by atoms with E-state index in [9.17, 15) is 4.79 Å². The van der Waals surface area contributed by atoms with E-state index in [2.05, 4.69) is 5.16 Å². The summed E-state index contributed by atoms with van der Waals surface area (Å²) in [6.07, 6.45) is 1.77. The summed E-state index contributed by atoms with van der Waals surface area (Å²) >= 11 is 0. The van der Waals surface area contributed by atoms with Crippen molar-refractivity contribution in [3.8, 4) is 5.88 Å². The molecule has 1 aromatic rings. The molecule has 1 aromatic heterocycles. The molecule has 2 aliphatic heterocycles. The van der Waals surface area contributed by atoms with Crippen LogP contribution in [-0.2, 0) is 9.47 Å². The Morgan fingerprint density at radius 3 is 3.05 bits per heavy atom. The maximum atomic E-state index is 12.3. The van der Waals surface area contributed by atoms with Gasteiger partial charge in [0, 0.05) is 20.1 Å². The molecule has 1 spiro atoms. The van der Waals surface area contributed by atoms with Gasteiger partial charge in [-0.15, -0.1) is 0 Å². The fourth-order valence-electron chi connectivity index (χ4n) is 2.87. The van der Waals surface area contributed by atoms with Crippen LogP contribution < -0.4 is 4.74 Å². The molecule has 0 aromatic carbocycles. The zero-order chi connectivity index (χ0) is 14.2. The van der Waals surface area contributed by atoms with Crippen LogP contribution >= 0.6 is 0 Å². The van der Waals surface area contributed by atoms with Gasteiger partial charge >= 0.3 is 0 Å². The Hall–Kier alpha value is -1.60. The first kappa shape index (κ1) is 13.4. The minimum atomic E-state index is -0.263. The molecule has 7 nitrogen and oxygen atoms in total. The van der Waals surface area contributed by atoms with Crippen molar-refractivity contribution in [2.24, 2.45) is 0 Å². The quantitative estimate of drug-likeness (QED) is 0.812. The van der Waals surface area contributed by atoms with E-state index < -0.39 is 0 Å². The summed E-state index contributed by atoms with van der Waals surface area (Å²) in [5.74, 6) is 0.321.